The summed E-state index contributed by atoms with van der Waals surface area (Å²) in [5.41, 5.74) is 1.18. The number of rotatable bonds is 6. The lowest BCUT2D eigenvalue weighted by Crippen LogP contribution is -2.53. The van der Waals surface area contributed by atoms with Gasteiger partial charge in [0.15, 0.2) is 0 Å². The van der Waals surface area contributed by atoms with E-state index < -0.39 is 0 Å². The first kappa shape index (κ1) is 19.3. The smallest absolute Gasteiger partial charge is 0.254 e. The number of nitrogens with zero attached hydrogens (tertiary/aromatic N) is 3. The summed E-state index contributed by atoms with van der Waals surface area (Å²) in [6.45, 7) is 2.54. The standard InChI is InChI=1S/C20H25FN4O2/c1-22-20(27)17-6-4-9-23-19(17)25-11-10-24(16(14-25)8-12-26)13-15-5-2-3-7-18(15)21/h2-7,9,16,26H,8,10-14H2,1H3,(H,22,27)/t16-/m0/s1. The maximum atomic E-state index is 14.0. The van der Waals surface area contributed by atoms with E-state index >= 15 is 0 Å². The van der Waals surface area contributed by atoms with Gasteiger partial charge in [-0.05, 0) is 24.6 Å². The highest BCUT2D eigenvalue weighted by atomic mass is 19.1. The molecule has 27 heavy (non-hydrogen) atoms. The van der Waals surface area contributed by atoms with Crippen molar-refractivity contribution in [2.75, 3.05) is 38.2 Å². The largest absolute Gasteiger partial charge is 0.396 e. The number of piperazine rings is 1. The van der Waals surface area contributed by atoms with Gasteiger partial charge in [-0.3, -0.25) is 9.69 Å². The maximum absolute atomic E-state index is 14.0. The van der Waals surface area contributed by atoms with E-state index in [1.807, 2.05) is 6.07 Å². The first-order valence-corrected chi connectivity index (χ1v) is 9.14. The van der Waals surface area contributed by atoms with Crippen molar-refractivity contribution in [3.05, 3.63) is 59.5 Å². The summed E-state index contributed by atoms with van der Waals surface area (Å²) in [7, 11) is 1.60. The van der Waals surface area contributed by atoms with Gasteiger partial charge in [0.1, 0.15) is 11.6 Å². The zero-order valence-corrected chi connectivity index (χ0v) is 15.4. The van der Waals surface area contributed by atoms with Gasteiger partial charge in [0.05, 0.1) is 5.56 Å². The molecule has 1 atom stereocenters. The highest BCUT2D eigenvalue weighted by Gasteiger charge is 2.29. The SMILES string of the molecule is CNC(=O)c1cccnc1N1CCN(Cc2ccccc2F)[C@@H](CCO)C1. The summed E-state index contributed by atoms with van der Waals surface area (Å²) in [6.07, 6.45) is 2.25. The molecule has 3 rings (SSSR count). The van der Waals surface area contributed by atoms with E-state index in [1.165, 1.54) is 6.07 Å². The van der Waals surface area contributed by atoms with Gasteiger partial charge in [-0.15, -0.1) is 0 Å². The number of hydrogen-bond donors (Lipinski definition) is 2. The van der Waals surface area contributed by atoms with E-state index in [4.69, 9.17) is 0 Å². The Kier molecular flexibility index (Phi) is 6.36. The third-order valence-corrected chi connectivity index (χ3v) is 4.96. The third-order valence-electron chi connectivity index (χ3n) is 4.96. The molecule has 2 N–H and O–H groups in total. The number of benzene rings is 1. The van der Waals surface area contributed by atoms with E-state index in [-0.39, 0.29) is 24.4 Å². The molecule has 0 spiro atoms. The van der Waals surface area contributed by atoms with Gasteiger partial charge in [-0.25, -0.2) is 9.37 Å². The van der Waals surface area contributed by atoms with Crippen molar-refractivity contribution in [3.63, 3.8) is 0 Å². The molecule has 7 heteroatoms. The van der Waals surface area contributed by atoms with E-state index in [2.05, 4.69) is 20.1 Å². The molecule has 2 heterocycles. The molecule has 1 saturated heterocycles. The number of halogens is 1. The molecule has 6 nitrogen and oxygen atoms in total. The molecule has 0 saturated carbocycles. The van der Waals surface area contributed by atoms with Crippen molar-refractivity contribution >= 4 is 11.7 Å². The molecule has 1 fully saturated rings. The summed E-state index contributed by atoms with van der Waals surface area (Å²) in [4.78, 5) is 20.8. The molecule has 1 aromatic heterocycles. The summed E-state index contributed by atoms with van der Waals surface area (Å²) in [6, 6.07) is 10.3. The number of aliphatic hydroxyl groups excluding tert-OH is 1. The van der Waals surface area contributed by atoms with Gasteiger partial charge >= 0.3 is 0 Å². The second-order valence-corrected chi connectivity index (χ2v) is 6.63. The molecule has 0 unspecified atom stereocenters. The Morgan fingerprint density at radius 3 is 2.85 bits per heavy atom. The predicted molar refractivity (Wildman–Crippen MR) is 102 cm³/mol. The summed E-state index contributed by atoms with van der Waals surface area (Å²) in [5.74, 6) is 0.255. The number of anilines is 1. The van der Waals surface area contributed by atoms with Crippen LogP contribution in [0.15, 0.2) is 42.6 Å². The van der Waals surface area contributed by atoms with Crippen LogP contribution < -0.4 is 10.2 Å². The van der Waals surface area contributed by atoms with Crippen molar-refractivity contribution in [3.8, 4) is 0 Å². The van der Waals surface area contributed by atoms with Crippen molar-refractivity contribution in [2.24, 2.45) is 0 Å². The number of carbonyl (C=O) groups excluding carboxylic acids is 1. The monoisotopic (exact) mass is 372 g/mol. The Labute approximate surface area is 158 Å². The second kappa shape index (κ2) is 8.92. The van der Waals surface area contributed by atoms with Crippen molar-refractivity contribution in [1.29, 1.82) is 0 Å². The van der Waals surface area contributed by atoms with Gasteiger partial charge in [0.25, 0.3) is 5.91 Å². The minimum Gasteiger partial charge on any atom is -0.396 e. The van der Waals surface area contributed by atoms with Crippen LogP contribution in [0.2, 0.25) is 0 Å². The Bertz CT molecular complexity index is 786. The van der Waals surface area contributed by atoms with Crippen LogP contribution >= 0.6 is 0 Å². The van der Waals surface area contributed by atoms with Crippen LogP contribution in [0, 0.1) is 5.82 Å². The second-order valence-electron chi connectivity index (χ2n) is 6.63. The van der Waals surface area contributed by atoms with Crippen LogP contribution in [0.3, 0.4) is 0 Å². The fourth-order valence-electron chi connectivity index (χ4n) is 3.52. The van der Waals surface area contributed by atoms with Crippen LogP contribution in [0.5, 0.6) is 0 Å². The number of hydrogen-bond acceptors (Lipinski definition) is 5. The number of pyridine rings is 1. The summed E-state index contributed by atoms with van der Waals surface area (Å²) in [5, 5.41) is 12.1. The van der Waals surface area contributed by atoms with Crippen LogP contribution in [-0.4, -0.2) is 60.2 Å². The fraction of sp³-hybridized carbons (Fsp3) is 0.400. The average molecular weight is 372 g/mol. The lowest BCUT2D eigenvalue weighted by atomic mass is 10.1. The molecule has 1 aromatic carbocycles. The minimum atomic E-state index is -0.214. The molecular formula is C20H25FN4O2. The van der Waals surface area contributed by atoms with E-state index in [0.29, 0.717) is 49.5 Å². The number of carbonyl (C=O) groups is 1. The molecular weight excluding hydrogens is 347 g/mol. The van der Waals surface area contributed by atoms with Crippen molar-refractivity contribution < 1.29 is 14.3 Å². The van der Waals surface area contributed by atoms with E-state index in [1.54, 1.807) is 37.5 Å². The van der Waals surface area contributed by atoms with Crippen molar-refractivity contribution in [2.45, 2.75) is 19.0 Å². The van der Waals surface area contributed by atoms with Crippen LogP contribution in [0.4, 0.5) is 10.2 Å². The molecule has 0 aliphatic carbocycles. The molecule has 2 aromatic rings. The molecule has 0 bridgehead atoms. The lowest BCUT2D eigenvalue weighted by Gasteiger charge is -2.42. The molecule has 1 aliphatic rings. The van der Waals surface area contributed by atoms with Gasteiger partial charge < -0.3 is 15.3 Å². The highest BCUT2D eigenvalue weighted by molar-refractivity contribution is 5.98. The Morgan fingerprint density at radius 1 is 1.30 bits per heavy atom. The maximum Gasteiger partial charge on any atom is 0.254 e. The van der Waals surface area contributed by atoms with Gasteiger partial charge in [-0.2, -0.15) is 0 Å². The highest BCUT2D eigenvalue weighted by Crippen LogP contribution is 2.24. The number of aromatic nitrogens is 1. The molecule has 1 amide bonds. The molecule has 144 valence electrons. The Hall–Kier alpha value is -2.51. The van der Waals surface area contributed by atoms with Crippen molar-refractivity contribution in [1.82, 2.24) is 15.2 Å². The predicted octanol–water partition coefficient (Wildman–Crippen LogP) is 1.65. The zero-order valence-electron chi connectivity index (χ0n) is 15.4. The van der Waals surface area contributed by atoms with Crippen LogP contribution in [0.25, 0.3) is 0 Å². The number of aliphatic hydroxyl groups is 1. The van der Waals surface area contributed by atoms with Gasteiger partial charge in [-0.1, -0.05) is 18.2 Å². The van der Waals surface area contributed by atoms with E-state index in [9.17, 15) is 14.3 Å². The summed E-state index contributed by atoms with van der Waals surface area (Å²) >= 11 is 0. The first-order valence-electron chi connectivity index (χ1n) is 9.14. The Balaban J connectivity index is 1.78. The average Bonchev–Trinajstić information content (AvgIpc) is 2.70. The third kappa shape index (κ3) is 4.43. The first-order chi connectivity index (χ1) is 13.1. The van der Waals surface area contributed by atoms with Crippen LogP contribution in [0.1, 0.15) is 22.3 Å². The molecule has 0 radical (unpaired) electrons. The zero-order chi connectivity index (χ0) is 19.2. The van der Waals surface area contributed by atoms with Crippen LogP contribution in [-0.2, 0) is 6.54 Å². The number of nitrogens with one attached hydrogen (secondary N) is 1. The van der Waals surface area contributed by atoms with E-state index in [0.717, 1.165) is 0 Å². The topological polar surface area (TPSA) is 68.7 Å². The van der Waals surface area contributed by atoms with Gasteiger partial charge in [0, 0.05) is 57.6 Å². The molecule has 1 aliphatic heterocycles. The lowest BCUT2D eigenvalue weighted by molar-refractivity contribution is 0.0962. The number of amides is 1. The van der Waals surface area contributed by atoms with Gasteiger partial charge in [0.2, 0.25) is 0 Å². The normalized spacial score (nSPS) is 17.7. The fourth-order valence-corrected chi connectivity index (χ4v) is 3.52. The summed E-state index contributed by atoms with van der Waals surface area (Å²) < 4.78 is 14.0. The quantitative estimate of drug-likeness (QED) is 0.807. The Morgan fingerprint density at radius 2 is 2.11 bits per heavy atom. The minimum absolute atomic E-state index is 0.0444.